The molecule has 0 radical (unpaired) electrons. The zero-order valence-electron chi connectivity index (χ0n) is 20.5. The van der Waals surface area contributed by atoms with Gasteiger partial charge in [0, 0.05) is 18.9 Å². The van der Waals surface area contributed by atoms with Crippen molar-refractivity contribution in [2.45, 2.75) is 25.3 Å². The van der Waals surface area contributed by atoms with E-state index in [1.165, 1.54) is 24.3 Å². The summed E-state index contributed by atoms with van der Waals surface area (Å²) in [5, 5.41) is 2.81. The average Bonchev–Trinajstić information content (AvgIpc) is 3.33. The van der Waals surface area contributed by atoms with Crippen LogP contribution in [0.3, 0.4) is 0 Å². The maximum Gasteiger partial charge on any atom is 0.264 e. The average molecular weight is 523 g/mol. The van der Waals surface area contributed by atoms with Gasteiger partial charge in [0.25, 0.3) is 10.0 Å². The molecule has 192 valence electrons. The van der Waals surface area contributed by atoms with Crippen LogP contribution in [0.2, 0.25) is 0 Å². The zero-order chi connectivity index (χ0) is 26.4. The van der Waals surface area contributed by atoms with E-state index >= 15 is 0 Å². The molecule has 1 N–H and O–H groups in total. The van der Waals surface area contributed by atoms with Crippen LogP contribution in [0.4, 0.5) is 10.1 Å². The monoisotopic (exact) mass is 522 g/mol. The van der Waals surface area contributed by atoms with E-state index in [-0.39, 0.29) is 17.1 Å². The van der Waals surface area contributed by atoms with E-state index in [1.807, 2.05) is 48.9 Å². The Kier molecular flexibility index (Phi) is 7.88. The normalized spacial score (nSPS) is 11.2. The van der Waals surface area contributed by atoms with Gasteiger partial charge in [0.05, 0.1) is 22.9 Å². The van der Waals surface area contributed by atoms with Gasteiger partial charge in [0.1, 0.15) is 23.9 Å². The number of imidazole rings is 1. The van der Waals surface area contributed by atoms with Crippen LogP contribution in [-0.4, -0.2) is 37.0 Å². The number of ether oxygens (including phenoxy) is 1. The molecule has 4 aromatic rings. The summed E-state index contributed by atoms with van der Waals surface area (Å²) in [5.41, 5.74) is 1.86. The smallest absolute Gasteiger partial charge is 0.264 e. The highest BCUT2D eigenvalue weighted by atomic mass is 32.2. The third-order valence-electron chi connectivity index (χ3n) is 5.68. The van der Waals surface area contributed by atoms with Gasteiger partial charge in [0.15, 0.2) is 0 Å². The Morgan fingerprint density at radius 3 is 2.41 bits per heavy atom. The molecule has 0 spiro atoms. The highest BCUT2D eigenvalue weighted by Gasteiger charge is 2.27. The van der Waals surface area contributed by atoms with Crippen LogP contribution in [0.15, 0.2) is 90.1 Å². The number of carbonyl (C=O) groups excluding carboxylic acids is 1. The number of nitrogens with zero attached hydrogens (tertiary/aromatic N) is 3. The molecule has 0 fully saturated rings. The molecule has 0 aliphatic heterocycles. The van der Waals surface area contributed by atoms with Crippen LogP contribution in [0.25, 0.3) is 5.69 Å². The number of aryl methyl sites for hydroxylation is 1. The molecule has 1 heterocycles. The molecule has 10 heteroatoms. The van der Waals surface area contributed by atoms with Crippen molar-refractivity contribution in [3.8, 4) is 11.4 Å². The quantitative estimate of drug-likeness (QED) is 0.337. The summed E-state index contributed by atoms with van der Waals surface area (Å²) >= 11 is 0. The minimum Gasteiger partial charge on any atom is -0.494 e. The first-order valence-electron chi connectivity index (χ1n) is 11.7. The lowest BCUT2D eigenvalue weighted by molar-refractivity contribution is -0.119. The largest absolute Gasteiger partial charge is 0.494 e. The lowest BCUT2D eigenvalue weighted by Crippen LogP contribution is -2.40. The van der Waals surface area contributed by atoms with Crippen molar-refractivity contribution in [1.82, 2.24) is 14.9 Å². The first-order valence-corrected chi connectivity index (χ1v) is 13.1. The van der Waals surface area contributed by atoms with Gasteiger partial charge >= 0.3 is 0 Å². The van der Waals surface area contributed by atoms with Crippen molar-refractivity contribution < 1.29 is 22.3 Å². The summed E-state index contributed by atoms with van der Waals surface area (Å²) in [4.78, 5) is 17.2. The van der Waals surface area contributed by atoms with E-state index in [0.717, 1.165) is 33.5 Å². The zero-order valence-corrected chi connectivity index (χ0v) is 21.3. The Labute approximate surface area is 215 Å². The molecule has 0 unspecified atom stereocenters. The second-order valence-corrected chi connectivity index (χ2v) is 10.0. The van der Waals surface area contributed by atoms with Crippen LogP contribution in [0.5, 0.6) is 5.75 Å². The maximum atomic E-state index is 13.6. The summed E-state index contributed by atoms with van der Waals surface area (Å²) < 4.78 is 48.9. The Morgan fingerprint density at radius 2 is 1.76 bits per heavy atom. The Bertz CT molecular complexity index is 1470. The van der Waals surface area contributed by atoms with Crippen LogP contribution in [-0.2, 0) is 21.4 Å². The highest BCUT2D eigenvalue weighted by molar-refractivity contribution is 7.92. The summed E-state index contributed by atoms with van der Waals surface area (Å²) in [5.74, 6) is 0.288. The summed E-state index contributed by atoms with van der Waals surface area (Å²) in [7, 11) is -4.14. The van der Waals surface area contributed by atoms with Gasteiger partial charge in [-0.3, -0.25) is 9.10 Å². The lowest BCUT2D eigenvalue weighted by Gasteiger charge is -2.24. The summed E-state index contributed by atoms with van der Waals surface area (Å²) in [6, 6.07) is 18.4. The summed E-state index contributed by atoms with van der Waals surface area (Å²) in [6.45, 7) is 3.83. The number of halogens is 1. The predicted octanol–water partition coefficient (Wildman–Crippen LogP) is 4.23. The molecule has 0 saturated heterocycles. The molecular weight excluding hydrogens is 495 g/mol. The minimum absolute atomic E-state index is 0.0194. The number of carbonyl (C=O) groups is 1. The van der Waals surface area contributed by atoms with Gasteiger partial charge < -0.3 is 14.6 Å². The minimum atomic E-state index is -4.14. The second-order valence-electron chi connectivity index (χ2n) is 8.14. The topological polar surface area (TPSA) is 93.5 Å². The number of amides is 1. The van der Waals surface area contributed by atoms with E-state index in [2.05, 4.69) is 10.3 Å². The maximum absolute atomic E-state index is 13.6. The molecule has 0 aliphatic rings. The molecule has 3 aromatic carbocycles. The van der Waals surface area contributed by atoms with Gasteiger partial charge in [-0.05, 0) is 74.0 Å². The number of rotatable bonds is 10. The van der Waals surface area contributed by atoms with Crippen molar-refractivity contribution >= 4 is 21.6 Å². The fraction of sp³-hybridized carbons (Fsp3) is 0.185. The number of sulfonamides is 1. The van der Waals surface area contributed by atoms with E-state index in [4.69, 9.17) is 4.74 Å². The van der Waals surface area contributed by atoms with Gasteiger partial charge in [0.2, 0.25) is 5.91 Å². The Balaban J connectivity index is 1.57. The molecule has 0 bridgehead atoms. The van der Waals surface area contributed by atoms with Gasteiger partial charge in [-0.2, -0.15) is 0 Å². The van der Waals surface area contributed by atoms with Crippen molar-refractivity contribution in [3.63, 3.8) is 0 Å². The molecule has 37 heavy (non-hydrogen) atoms. The van der Waals surface area contributed by atoms with Crippen LogP contribution >= 0.6 is 0 Å². The standard InChI is InChI=1S/C27H27FN4O4S/c1-3-36-24-12-14-25(15-13-24)37(34,35)32(23-10-8-22(28)9-11-23)19-27(33)30-18-21-6-4-5-7-26(21)31-17-16-29-20(31)2/h4-17H,3,18-19H2,1-2H3,(H,30,33). The van der Waals surface area contributed by atoms with Crippen molar-refractivity contribution in [2.24, 2.45) is 0 Å². The second kappa shape index (κ2) is 11.3. The Morgan fingerprint density at radius 1 is 1.05 bits per heavy atom. The summed E-state index contributed by atoms with van der Waals surface area (Å²) in [6.07, 6.45) is 3.52. The number of benzene rings is 3. The van der Waals surface area contributed by atoms with E-state index in [1.54, 1.807) is 18.3 Å². The number of para-hydroxylation sites is 1. The fourth-order valence-electron chi connectivity index (χ4n) is 3.83. The van der Waals surface area contributed by atoms with Crippen molar-refractivity contribution in [1.29, 1.82) is 0 Å². The van der Waals surface area contributed by atoms with Gasteiger partial charge in [-0.25, -0.2) is 17.8 Å². The Hall–Kier alpha value is -4.18. The van der Waals surface area contributed by atoms with Crippen molar-refractivity contribution in [3.05, 3.63) is 102 Å². The molecule has 0 aliphatic carbocycles. The predicted molar refractivity (Wildman–Crippen MR) is 139 cm³/mol. The third-order valence-corrected chi connectivity index (χ3v) is 7.47. The number of nitrogens with one attached hydrogen (secondary N) is 1. The van der Waals surface area contributed by atoms with E-state index < -0.39 is 28.3 Å². The fourth-order valence-corrected chi connectivity index (χ4v) is 5.25. The van der Waals surface area contributed by atoms with Crippen LogP contribution in [0, 0.1) is 12.7 Å². The van der Waals surface area contributed by atoms with Crippen molar-refractivity contribution in [2.75, 3.05) is 17.5 Å². The molecule has 4 rings (SSSR count). The first kappa shape index (κ1) is 25.9. The number of anilines is 1. The van der Waals surface area contributed by atoms with Gasteiger partial charge in [-0.15, -0.1) is 0 Å². The molecular formula is C27H27FN4O4S. The highest BCUT2D eigenvalue weighted by Crippen LogP contribution is 2.25. The number of hydrogen-bond donors (Lipinski definition) is 1. The van der Waals surface area contributed by atoms with E-state index in [9.17, 15) is 17.6 Å². The lowest BCUT2D eigenvalue weighted by atomic mass is 10.1. The van der Waals surface area contributed by atoms with Crippen LogP contribution < -0.4 is 14.4 Å². The molecule has 1 aromatic heterocycles. The number of aromatic nitrogens is 2. The van der Waals surface area contributed by atoms with Gasteiger partial charge in [-0.1, -0.05) is 18.2 Å². The molecule has 8 nitrogen and oxygen atoms in total. The third kappa shape index (κ3) is 5.97. The van der Waals surface area contributed by atoms with E-state index in [0.29, 0.717) is 12.4 Å². The SMILES string of the molecule is CCOc1ccc(S(=O)(=O)N(CC(=O)NCc2ccccc2-n2ccnc2C)c2ccc(F)cc2)cc1. The van der Waals surface area contributed by atoms with Crippen LogP contribution in [0.1, 0.15) is 18.3 Å². The first-order chi connectivity index (χ1) is 17.8. The molecule has 0 atom stereocenters. The molecule has 0 saturated carbocycles. The molecule has 1 amide bonds. The number of hydrogen-bond acceptors (Lipinski definition) is 5.